The normalized spacial score (nSPS) is 8.57. The van der Waals surface area contributed by atoms with Crippen LogP contribution < -0.4 is 15.3 Å². The Bertz CT molecular complexity index is 747. The minimum atomic E-state index is -1.19. The molecule has 0 aromatic carbocycles. The third-order valence-electron chi connectivity index (χ3n) is 2.69. The van der Waals surface area contributed by atoms with Gasteiger partial charge in [0, 0.05) is 53.9 Å². The molecule has 0 bridgehead atoms. The predicted octanol–water partition coefficient (Wildman–Crippen LogP) is -2.05. The first-order valence-electron chi connectivity index (χ1n) is 7.26. The molecule has 0 fully saturated rings. The second-order valence-electron chi connectivity index (χ2n) is 4.59. The summed E-state index contributed by atoms with van der Waals surface area (Å²) in [4.78, 5) is 40.9. The Hall–Kier alpha value is -3.61. The van der Waals surface area contributed by atoms with Crippen molar-refractivity contribution in [2.75, 3.05) is 0 Å². The van der Waals surface area contributed by atoms with Crippen molar-refractivity contribution in [3.8, 4) is 0 Å². The number of aromatic carboxylic acids is 3. The summed E-state index contributed by atoms with van der Waals surface area (Å²) < 4.78 is 0. The molecule has 28 heavy (non-hydrogen) atoms. The van der Waals surface area contributed by atoms with E-state index in [1.54, 1.807) is 18.2 Å². The topological polar surface area (TPSA) is 159 Å². The van der Waals surface area contributed by atoms with Crippen LogP contribution in [0.2, 0.25) is 0 Å². The summed E-state index contributed by atoms with van der Waals surface area (Å²) in [5.74, 6) is -3.57. The zero-order valence-electron chi connectivity index (χ0n) is 14.3. The first-order valence-corrected chi connectivity index (χ1v) is 7.26. The van der Waals surface area contributed by atoms with Gasteiger partial charge in [0.15, 0.2) is 0 Å². The van der Waals surface area contributed by atoms with Gasteiger partial charge in [-0.25, -0.2) is 0 Å². The smallest absolute Gasteiger partial charge is 0.545 e. The fraction of sp³-hybridized carbons (Fsp3) is 0. The van der Waals surface area contributed by atoms with E-state index >= 15 is 0 Å². The van der Waals surface area contributed by atoms with Crippen LogP contribution in [0.3, 0.4) is 0 Å². The molecule has 0 aliphatic rings. The van der Waals surface area contributed by atoms with Gasteiger partial charge in [0.25, 0.3) is 0 Å². The number of nitrogens with zero attached hydrogens (tertiary/aromatic N) is 3. The van der Waals surface area contributed by atoms with Gasteiger partial charge >= 0.3 is 17.4 Å². The molecule has 3 aromatic heterocycles. The molecule has 0 saturated heterocycles. The zero-order chi connectivity index (χ0) is 20.1. The van der Waals surface area contributed by atoms with Crippen LogP contribution in [-0.2, 0) is 0 Å². The van der Waals surface area contributed by atoms with Gasteiger partial charge in [-0.2, -0.15) is 0 Å². The average Bonchev–Trinajstić information content (AvgIpc) is 2.71. The van der Waals surface area contributed by atoms with Crippen molar-refractivity contribution < 1.29 is 29.7 Å². The van der Waals surface area contributed by atoms with Crippen LogP contribution in [0, 0.1) is 0 Å². The molecule has 3 aromatic rings. The van der Waals surface area contributed by atoms with Crippen LogP contribution in [0.1, 0.15) is 31.1 Å². The number of hydrogen-bond donors (Lipinski definition) is 0. The van der Waals surface area contributed by atoms with Crippen LogP contribution in [-0.4, -0.2) is 50.2 Å². The molecule has 3 heterocycles. The number of aromatic nitrogens is 3. The maximum Gasteiger partial charge on any atom is 3.00 e. The Morgan fingerprint density at radius 3 is 0.929 bits per heavy atom. The number of carboxylic acids is 3. The van der Waals surface area contributed by atoms with Crippen molar-refractivity contribution in [3.63, 3.8) is 0 Å². The number of rotatable bonds is 3. The van der Waals surface area contributed by atoms with Crippen molar-refractivity contribution in [1.82, 2.24) is 15.0 Å². The molecule has 138 valence electrons. The van der Waals surface area contributed by atoms with E-state index in [1.807, 2.05) is 0 Å². The summed E-state index contributed by atoms with van der Waals surface area (Å²) in [5.41, 5.74) is 0.326. The Kier molecular flexibility index (Phi) is 11.8. The van der Waals surface area contributed by atoms with E-state index in [2.05, 4.69) is 15.0 Å². The summed E-state index contributed by atoms with van der Waals surface area (Å²) in [6.45, 7) is 0. The number of carbonyl (C=O) groups excluding carboxylic acids is 3. The quantitative estimate of drug-likeness (QED) is 0.457. The van der Waals surface area contributed by atoms with E-state index in [0.29, 0.717) is 0 Å². The fourth-order valence-corrected chi connectivity index (χ4v) is 1.45. The van der Waals surface area contributed by atoms with Gasteiger partial charge in [0.05, 0.1) is 17.9 Å². The summed E-state index contributed by atoms with van der Waals surface area (Å²) in [5, 5.41) is 30.1. The molecule has 0 spiro atoms. The second kappa shape index (κ2) is 13.6. The predicted molar refractivity (Wildman–Crippen MR) is 91.5 cm³/mol. The Balaban J connectivity index is 0.000000384. The zero-order valence-corrected chi connectivity index (χ0v) is 15.5. The van der Waals surface area contributed by atoms with Gasteiger partial charge < -0.3 is 29.7 Å². The van der Waals surface area contributed by atoms with Crippen molar-refractivity contribution in [1.29, 1.82) is 0 Å². The van der Waals surface area contributed by atoms with Gasteiger partial charge in [-0.05, 0) is 18.2 Å². The van der Waals surface area contributed by atoms with Crippen LogP contribution in [0.4, 0.5) is 0 Å². The van der Waals surface area contributed by atoms with Gasteiger partial charge in [-0.3, -0.25) is 15.0 Å². The first-order chi connectivity index (χ1) is 12.9. The van der Waals surface area contributed by atoms with Gasteiger partial charge in [0.2, 0.25) is 0 Å². The molecule has 0 amide bonds. The van der Waals surface area contributed by atoms with E-state index in [0.717, 1.165) is 0 Å². The van der Waals surface area contributed by atoms with E-state index in [9.17, 15) is 29.7 Å². The van der Waals surface area contributed by atoms with Crippen molar-refractivity contribution >= 4 is 35.3 Å². The third kappa shape index (κ3) is 9.77. The summed E-state index contributed by atoms with van der Waals surface area (Å²) in [7, 11) is 0. The molecular weight excluding hydrogens is 381 g/mol. The van der Waals surface area contributed by atoms with Crippen LogP contribution in [0.25, 0.3) is 0 Å². The molecule has 0 N–H and O–H groups in total. The average molecular weight is 393 g/mol. The Morgan fingerprint density at radius 1 is 0.571 bits per heavy atom. The Morgan fingerprint density at radius 2 is 0.821 bits per heavy atom. The monoisotopic (exact) mass is 393 g/mol. The first kappa shape index (κ1) is 24.4. The van der Waals surface area contributed by atoms with Crippen molar-refractivity contribution in [3.05, 3.63) is 90.3 Å². The van der Waals surface area contributed by atoms with E-state index in [-0.39, 0.29) is 34.1 Å². The molecule has 0 aliphatic carbocycles. The fourth-order valence-electron chi connectivity index (χ4n) is 1.45. The van der Waals surface area contributed by atoms with E-state index < -0.39 is 17.9 Å². The van der Waals surface area contributed by atoms with Gasteiger partial charge in [-0.1, -0.05) is 18.2 Å². The van der Waals surface area contributed by atoms with Gasteiger partial charge in [0.1, 0.15) is 0 Å². The molecule has 9 nitrogen and oxygen atoms in total. The molecule has 0 unspecified atom stereocenters. The molecule has 0 radical (unpaired) electrons. The number of carboxylic acid groups (broad SMARTS) is 3. The minimum Gasteiger partial charge on any atom is -0.545 e. The third-order valence-corrected chi connectivity index (χ3v) is 2.69. The molecule has 10 heteroatoms. The van der Waals surface area contributed by atoms with E-state index in [1.165, 1.54) is 55.4 Å². The van der Waals surface area contributed by atoms with E-state index in [4.69, 9.17) is 0 Å². The minimum absolute atomic E-state index is 0. The summed E-state index contributed by atoms with van der Waals surface area (Å²) in [6, 6.07) is 8.94. The van der Waals surface area contributed by atoms with Gasteiger partial charge in [-0.15, -0.1) is 0 Å². The molecule has 0 atom stereocenters. The standard InChI is InChI=1S/3C6H5NO2.Al/c3*8-6(9)5-2-1-3-7-4-5;/h3*1-4H,(H,8,9);/q;;;+3/p-3. The SMILES string of the molecule is O=C([O-])c1cccnc1.O=C([O-])c1cccnc1.O=C([O-])c1cccnc1.[Al+3]. The number of carbonyl (C=O) groups is 3. The maximum atomic E-state index is 10.0. The van der Waals surface area contributed by atoms with Crippen LogP contribution in [0.5, 0.6) is 0 Å². The van der Waals surface area contributed by atoms with Crippen molar-refractivity contribution in [2.24, 2.45) is 0 Å². The molecule has 3 rings (SSSR count). The van der Waals surface area contributed by atoms with Crippen LogP contribution >= 0.6 is 0 Å². The number of hydrogen-bond acceptors (Lipinski definition) is 9. The maximum absolute atomic E-state index is 10.0. The summed E-state index contributed by atoms with van der Waals surface area (Å²) >= 11 is 0. The number of pyridine rings is 3. The van der Waals surface area contributed by atoms with Crippen LogP contribution in [0.15, 0.2) is 73.6 Å². The second-order valence-corrected chi connectivity index (χ2v) is 4.59. The molecular formula is C18H12AlN3O6. The Labute approximate surface area is 170 Å². The largest absolute Gasteiger partial charge is 3.00 e. The summed E-state index contributed by atoms with van der Waals surface area (Å²) in [6.07, 6.45) is 8.26. The van der Waals surface area contributed by atoms with Crippen molar-refractivity contribution in [2.45, 2.75) is 0 Å². The molecule has 0 saturated carbocycles. The molecule has 0 aliphatic heterocycles.